The van der Waals surface area contributed by atoms with Gasteiger partial charge in [-0.3, -0.25) is 0 Å². The van der Waals surface area contributed by atoms with Crippen molar-refractivity contribution < 1.29 is 4.39 Å². The van der Waals surface area contributed by atoms with Crippen molar-refractivity contribution in [2.24, 2.45) is 0 Å². The van der Waals surface area contributed by atoms with Crippen LogP contribution in [0.3, 0.4) is 0 Å². The lowest BCUT2D eigenvalue weighted by Crippen LogP contribution is -2.06. The van der Waals surface area contributed by atoms with Crippen LogP contribution in [0.1, 0.15) is 26.0 Å². The Kier molecular flexibility index (Phi) is 5.53. The lowest BCUT2D eigenvalue weighted by atomic mass is 10.2. The summed E-state index contributed by atoms with van der Waals surface area (Å²) in [5.74, 6) is 0.747. The molecule has 0 amide bonds. The average molecular weight is 373 g/mol. The van der Waals surface area contributed by atoms with Crippen molar-refractivity contribution in [1.29, 1.82) is 0 Å². The van der Waals surface area contributed by atoms with Crippen molar-refractivity contribution in [2.45, 2.75) is 26.7 Å². The van der Waals surface area contributed by atoms with E-state index >= 15 is 0 Å². The lowest BCUT2D eigenvalue weighted by molar-refractivity contribution is 0.628. The van der Waals surface area contributed by atoms with Crippen molar-refractivity contribution in [3.8, 4) is 11.4 Å². The Hall–Kier alpha value is -1.20. The summed E-state index contributed by atoms with van der Waals surface area (Å²) in [6, 6.07) is 4.60. The molecular weight excluding hydrogens is 357 g/mol. The van der Waals surface area contributed by atoms with Gasteiger partial charge >= 0.3 is 0 Å². The van der Waals surface area contributed by atoms with Crippen LogP contribution in [-0.2, 0) is 6.42 Å². The van der Waals surface area contributed by atoms with Gasteiger partial charge in [0.25, 0.3) is 0 Å². The van der Waals surface area contributed by atoms with Gasteiger partial charge in [-0.05, 0) is 47.5 Å². The Labute approximate surface area is 137 Å². The third-order valence-electron chi connectivity index (χ3n) is 2.93. The molecule has 2 rings (SSSR count). The molecule has 2 aromatic rings. The second kappa shape index (κ2) is 7.18. The molecule has 0 fully saturated rings. The summed E-state index contributed by atoms with van der Waals surface area (Å²) in [6.07, 6.45) is 1.79. The third-order valence-corrected chi connectivity index (χ3v) is 4.07. The number of hydrogen-bond donors (Lipinski definition) is 1. The van der Waals surface area contributed by atoms with E-state index < -0.39 is 5.82 Å². The maximum absolute atomic E-state index is 13.6. The van der Waals surface area contributed by atoms with Crippen LogP contribution in [0, 0.1) is 5.82 Å². The normalized spacial score (nSPS) is 10.7. The summed E-state index contributed by atoms with van der Waals surface area (Å²) < 4.78 is 14.5. The maximum atomic E-state index is 13.6. The number of rotatable bonds is 5. The molecule has 0 spiro atoms. The standard InChI is InChI=1S/C15H16BrClFN3/c1-3-5-12-13(16)15(19-4-2)21-14(20-12)9-6-7-10(17)11(18)8-9/h6-8H,3-5H2,1-2H3,(H,19,20,21). The number of aryl methyl sites for hydroxylation is 1. The molecule has 0 saturated carbocycles. The predicted molar refractivity (Wildman–Crippen MR) is 88.3 cm³/mol. The highest BCUT2D eigenvalue weighted by Gasteiger charge is 2.13. The molecule has 1 N–H and O–H groups in total. The molecule has 0 aliphatic rings. The Morgan fingerprint density at radius 1 is 1.29 bits per heavy atom. The van der Waals surface area contributed by atoms with Crippen molar-refractivity contribution in [2.75, 3.05) is 11.9 Å². The minimum absolute atomic E-state index is 0.0940. The van der Waals surface area contributed by atoms with E-state index in [0.717, 1.165) is 35.4 Å². The molecule has 1 aromatic heterocycles. The number of hydrogen-bond acceptors (Lipinski definition) is 3. The van der Waals surface area contributed by atoms with Gasteiger partial charge < -0.3 is 5.32 Å². The highest BCUT2D eigenvalue weighted by atomic mass is 79.9. The maximum Gasteiger partial charge on any atom is 0.161 e. The molecule has 112 valence electrons. The highest BCUT2D eigenvalue weighted by molar-refractivity contribution is 9.10. The first kappa shape index (κ1) is 16.2. The molecule has 1 aromatic carbocycles. The summed E-state index contributed by atoms with van der Waals surface area (Å²) in [7, 11) is 0. The molecule has 3 nitrogen and oxygen atoms in total. The number of aromatic nitrogens is 2. The highest BCUT2D eigenvalue weighted by Crippen LogP contribution is 2.29. The average Bonchev–Trinajstić information content (AvgIpc) is 2.46. The predicted octanol–water partition coefficient (Wildman–Crippen LogP) is 5.08. The first-order valence-corrected chi connectivity index (χ1v) is 7.99. The number of nitrogens with zero attached hydrogens (tertiary/aromatic N) is 2. The van der Waals surface area contributed by atoms with E-state index in [4.69, 9.17) is 11.6 Å². The Morgan fingerprint density at radius 3 is 2.67 bits per heavy atom. The van der Waals surface area contributed by atoms with Crippen molar-refractivity contribution in [3.05, 3.63) is 39.2 Å². The van der Waals surface area contributed by atoms with Gasteiger partial charge in [0.05, 0.1) is 15.2 Å². The first-order valence-electron chi connectivity index (χ1n) is 6.82. The Morgan fingerprint density at radius 2 is 2.05 bits per heavy atom. The zero-order valence-electron chi connectivity index (χ0n) is 11.9. The van der Waals surface area contributed by atoms with E-state index in [1.807, 2.05) is 6.92 Å². The fraction of sp³-hybridized carbons (Fsp3) is 0.333. The first-order chi connectivity index (χ1) is 10.1. The quantitative estimate of drug-likeness (QED) is 0.795. The summed E-state index contributed by atoms with van der Waals surface area (Å²) in [5, 5.41) is 3.29. The summed E-state index contributed by atoms with van der Waals surface area (Å²) in [6.45, 7) is 4.83. The van der Waals surface area contributed by atoms with E-state index in [9.17, 15) is 4.39 Å². The molecule has 6 heteroatoms. The van der Waals surface area contributed by atoms with Gasteiger partial charge in [-0.15, -0.1) is 0 Å². The molecule has 0 aliphatic heterocycles. The minimum Gasteiger partial charge on any atom is -0.369 e. The lowest BCUT2D eigenvalue weighted by Gasteiger charge is -2.12. The van der Waals surface area contributed by atoms with Crippen LogP contribution in [0.2, 0.25) is 5.02 Å². The van der Waals surface area contributed by atoms with E-state index in [0.29, 0.717) is 11.4 Å². The fourth-order valence-electron chi connectivity index (χ4n) is 1.94. The zero-order chi connectivity index (χ0) is 15.4. The van der Waals surface area contributed by atoms with Crippen LogP contribution in [0.25, 0.3) is 11.4 Å². The van der Waals surface area contributed by atoms with Gasteiger partial charge in [0.15, 0.2) is 5.82 Å². The van der Waals surface area contributed by atoms with Gasteiger partial charge in [0, 0.05) is 12.1 Å². The van der Waals surface area contributed by atoms with Crippen LogP contribution < -0.4 is 5.32 Å². The molecule has 0 atom stereocenters. The molecule has 0 bridgehead atoms. The van der Waals surface area contributed by atoms with E-state index in [1.165, 1.54) is 12.1 Å². The molecule has 0 saturated heterocycles. The van der Waals surface area contributed by atoms with Gasteiger partial charge in [-0.2, -0.15) is 0 Å². The van der Waals surface area contributed by atoms with Crippen molar-refractivity contribution >= 4 is 33.3 Å². The van der Waals surface area contributed by atoms with E-state index in [-0.39, 0.29) is 5.02 Å². The summed E-state index contributed by atoms with van der Waals surface area (Å²) in [4.78, 5) is 9.01. The second-order valence-corrected chi connectivity index (χ2v) is 5.77. The van der Waals surface area contributed by atoms with E-state index in [1.54, 1.807) is 6.07 Å². The van der Waals surface area contributed by atoms with Crippen LogP contribution in [0.4, 0.5) is 10.2 Å². The summed E-state index contributed by atoms with van der Waals surface area (Å²) >= 11 is 9.25. The molecule has 0 aliphatic carbocycles. The van der Waals surface area contributed by atoms with Crippen LogP contribution in [-0.4, -0.2) is 16.5 Å². The number of nitrogens with one attached hydrogen (secondary N) is 1. The molecule has 1 heterocycles. The smallest absolute Gasteiger partial charge is 0.161 e. The topological polar surface area (TPSA) is 37.8 Å². The summed E-state index contributed by atoms with van der Waals surface area (Å²) in [5.41, 5.74) is 1.52. The molecule has 0 radical (unpaired) electrons. The fourth-order valence-corrected chi connectivity index (χ4v) is 2.58. The minimum atomic E-state index is -0.470. The van der Waals surface area contributed by atoms with E-state index in [2.05, 4.69) is 38.1 Å². The second-order valence-electron chi connectivity index (χ2n) is 4.57. The van der Waals surface area contributed by atoms with Gasteiger partial charge in [0.1, 0.15) is 11.6 Å². The van der Waals surface area contributed by atoms with Crippen LogP contribution in [0.5, 0.6) is 0 Å². The monoisotopic (exact) mass is 371 g/mol. The largest absolute Gasteiger partial charge is 0.369 e. The molecule has 0 unspecified atom stereocenters. The number of anilines is 1. The number of benzene rings is 1. The third kappa shape index (κ3) is 3.71. The zero-order valence-corrected chi connectivity index (χ0v) is 14.2. The molecular formula is C15H16BrClFN3. The molecule has 21 heavy (non-hydrogen) atoms. The van der Waals surface area contributed by atoms with Crippen molar-refractivity contribution in [3.63, 3.8) is 0 Å². The Balaban J connectivity index is 2.53. The van der Waals surface area contributed by atoms with Gasteiger partial charge in [-0.1, -0.05) is 24.9 Å². The van der Waals surface area contributed by atoms with Crippen LogP contribution in [0.15, 0.2) is 22.7 Å². The van der Waals surface area contributed by atoms with Gasteiger partial charge in [0.2, 0.25) is 0 Å². The van der Waals surface area contributed by atoms with Gasteiger partial charge in [-0.25, -0.2) is 14.4 Å². The van der Waals surface area contributed by atoms with Crippen molar-refractivity contribution in [1.82, 2.24) is 9.97 Å². The number of halogens is 3. The SMILES string of the molecule is CCCc1nc(-c2ccc(Cl)c(F)c2)nc(NCC)c1Br. The van der Waals surface area contributed by atoms with Crippen LogP contribution >= 0.6 is 27.5 Å². The Bertz CT molecular complexity index is 622.